The van der Waals surface area contributed by atoms with Crippen LogP contribution in [0, 0.1) is 12.1 Å². The predicted molar refractivity (Wildman–Crippen MR) is 112 cm³/mol. The molecule has 0 heterocycles. The Morgan fingerprint density at radius 2 is 0.647 bits per heavy atom. The first-order chi connectivity index (χ1) is 6.00. The van der Waals surface area contributed by atoms with Gasteiger partial charge in [0.1, 0.15) is 0 Å². The molecule has 0 fully saturated rings. The van der Waals surface area contributed by atoms with E-state index in [4.69, 9.17) is 0 Å². The van der Waals surface area contributed by atoms with Crippen LogP contribution in [-0.2, 0) is 17.1 Å². The van der Waals surface area contributed by atoms with E-state index in [9.17, 15) is 0 Å². The van der Waals surface area contributed by atoms with E-state index in [0.717, 1.165) is 0 Å². The average Bonchev–Trinajstić information content (AvgIpc) is 2.24. The van der Waals surface area contributed by atoms with Gasteiger partial charge in [-0.3, -0.25) is 0 Å². The van der Waals surface area contributed by atoms with E-state index < -0.39 is 0 Å². The van der Waals surface area contributed by atoms with Gasteiger partial charge in [0.25, 0.3) is 0 Å². The van der Waals surface area contributed by atoms with Gasteiger partial charge in [-0.2, -0.15) is 72.8 Å². The van der Waals surface area contributed by atoms with Gasteiger partial charge < -0.3 is 0 Å². The molecule has 1 radical (unpaired) electrons. The summed E-state index contributed by atoms with van der Waals surface area (Å²) >= 11 is 0. The van der Waals surface area contributed by atoms with Crippen LogP contribution in [-0.4, -0.2) is 0 Å². The Balaban J connectivity index is -0.0000000436. The van der Waals surface area contributed by atoms with Gasteiger partial charge in [0, 0.05) is 0 Å². The fourth-order valence-electron chi connectivity index (χ4n) is 0.684. The van der Waals surface area contributed by atoms with Gasteiger partial charge >= 0.3 is 17.1 Å². The van der Waals surface area contributed by atoms with Crippen molar-refractivity contribution in [2.75, 3.05) is 0 Å². The van der Waals surface area contributed by atoms with Crippen LogP contribution in [0.25, 0.3) is 0 Å². The summed E-state index contributed by atoms with van der Waals surface area (Å²) in [4.78, 5) is 0. The number of rotatable bonds is 0. The quantitative estimate of drug-likeness (QED) is 0.193. The first kappa shape index (κ1) is 31.3. The van der Waals surface area contributed by atoms with Crippen LogP contribution in [0.4, 0.5) is 0 Å². The maximum Gasteiger partial charge on any atom is 2.00 e. The minimum atomic E-state index is 0. The summed E-state index contributed by atoms with van der Waals surface area (Å²) in [6.07, 6.45) is 0. The van der Waals surface area contributed by atoms with Crippen molar-refractivity contribution in [1.29, 1.82) is 0 Å². The number of hydrogen-bond donors (Lipinski definition) is 0. The molecule has 0 aliphatic rings. The fraction of sp³-hybridized carbons (Fsp3) is 0. The monoisotopic (exact) mass is 729 g/mol. The van der Waals surface area contributed by atoms with Crippen LogP contribution >= 0.6 is 95.9 Å². The molecule has 0 spiro atoms. The van der Waals surface area contributed by atoms with Crippen molar-refractivity contribution in [2.45, 2.75) is 0 Å². The van der Waals surface area contributed by atoms with E-state index in [2.05, 4.69) is 12.1 Å². The molecule has 0 atom stereocenters. The van der Waals surface area contributed by atoms with Gasteiger partial charge in [0.05, 0.1) is 0 Å². The summed E-state index contributed by atoms with van der Waals surface area (Å²) in [5.41, 5.74) is 0. The van der Waals surface area contributed by atoms with Gasteiger partial charge in [-0.1, -0.05) is 0 Å². The molecule has 5 heteroatoms. The third-order valence-electron chi connectivity index (χ3n) is 1.21. The van der Waals surface area contributed by atoms with E-state index in [1.807, 2.05) is 60.7 Å². The predicted octanol–water partition coefficient (Wildman–Crippen LogP) is 5.44. The third-order valence-corrected chi connectivity index (χ3v) is 1.21. The zero-order chi connectivity index (χ0) is 8.49. The molecule has 101 valence electrons. The summed E-state index contributed by atoms with van der Waals surface area (Å²) in [6.45, 7) is 0. The summed E-state index contributed by atoms with van der Waals surface area (Å²) in [5, 5.41) is 0. The Morgan fingerprint density at radius 3 is 0.706 bits per heavy atom. The molecule has 0 aliphatic heterocycles. The second kappa shape index (κ2) is 26.4. The molecule has 0 amide bonds. The van der Waals surface area contributed by atoms with Crippen molar-refractivity contribution in [3.8, 4) is 0 Å². The first-order valence-corrected chi connectivity index (χ1v) is 3.82. The zero-order valence-corrected chi connectivity index (χ0v) is 19.0. The number of benzene rings is 2. The molecule has 0 nitrogen and oxygen atoms in total. The van der Waals surface area contributed by atoms with Crippen LogP contribution in [0.2, 0.25) is 0 Å². The van der Waals surface area contributed by atoms with E-state index in [-0.39, 0.29) is 113 Å². The summed E-state index contributed by atoms with van der Waals surface area (Å²) in [7, 11) is 0. The molecule has 0 saturated heterocycles. The van der Waals surface area contributed by atoms with Crippen molar-refractivity contribution < 1.29 is 17.1 Å². The second-order valence-corrected chi connectivity index (χ2v) is 2.15. The zero-order valence-electron chi connectivity index (χ0n) is 8.71. The molecule has 0 unspecified atom stereocenters. The van der Waals surface area contributed by atoms with Crippen LogP contribution < -0.4 is 0 Å². The summed E-state index contributed by atoms with van der Waals surface area (Å²) in [5.74, 6) is 0. The minimum Gasteiger partial charge on any atom is -0.184 e. The van der Waals surface area contributed by atoms with Crippen molar-refractivity contribution >= 4 is 95.9 Å². The van der Waals surface area contributed by atoms with Gasteiger partial charge in [-0.15, -0.1) is 95.9 Å². The van der Waals surface area contributed by atoms with Crippen molar-refractivity contribution in [3.05, 3.63) is 72.8 Å². The van der Waals surface area contributed by atoms with E-state index in [0.29, 0.717) is 0 Å². The summed E-state index contributed by atoms with van der Waals surface area (Å²) < 4.78 is 0. The molecule has 0 bridgehead atoms. The molecule has 2 aromatic carbocycles. The SMILES string of the molecule is I.I.I.I.[Cu+2].[c-]1ccccc1.[c-]1ccccc1. The van der Waals surface area contributed by atoms with Crippen molar-refractivity contribution in [3.63, 3.8) is 0 Å². The molecular weight excluding hydrogens is 715 g/mol. The smallest absolute Gasteiger partial charge is 0.184 e. The Morgan fingerprint density at radius 1 is 0.412 bits per heavy atom. The number of hydrogen-bond acceptors (Lipinski definition) is 0. The van der Waals surface area contributed by atoms with E-state index >= 15 is 0 Å². The molecule has 0 aromatic heterocycles. The largest absolute Gasteiger partial charge is 2.00 e. The first-order valence-electron chi connectivity index (χ1n) is 3.82. The van der Waals surface area contributed by atoms with E-state index in [1.54, 1.807) is 0 Å². The van der Waals surface area contributed by atoms with Gasteiger partial charge in [-0.05, 0) is 0 Å². The Bertz CT molecular complexity index is 194. The summed E-state index contributed by atoms with van der Waals surface area (Å²) in [6, 6.07) is 25.0. The minimum absolute atomic E-state index is 0. The fourth-order valence-corrected chi connectivity index (χ4v) is 0.684. The Kier molecular flexibility index (Phi) is 48.7. The third kappa shape index (κ3) is 23.4. The molecule has 2 aromatic rings. The number of halogens is 4. The molecular formula is C12H14CuI4. The molecule has 0 aliphatic carbocycles. The van der Waals surface area contributed by atoms with Gasteiger partial charge in [-0.25, -0.2) is 0 Å². The topological polar surface area (TPSA) is 0 Å². The molecule has 0 N–H and O–H groups in total. The van der Waals surface area contributed by atoms with E-state index in [1.165, 1.54) is 0 Å². The van der Waals surface area contributed by atoms with Crippen LogP contribution in [0.3, 0.4) is 0 Å². The second-order valence-electron chi connectivity index (χ2n) is 2.15. The van der Waals surface area contributed by atoms with Crippen LogP contribution in [0.1, 0.15) is 0 Å². The molecule has 2 rings (SSSR count). The molecule has 0 saturated carbocycles. The van der Waals surface area contributed by atoms with Crippen LogP contribution in [0.5, 0.6) is 0 Å². The normalized spacial score (nSPS) is 5.65. The standard InChI is InChI=1S/2C6H5.Cu.4HI/c2*1-2-4-6-5-3-1;;;;;/h2*1-5H;;4*1H/q2*-1;+2;;;;. The van der Waals surface area contributed by atoms with Gasteiger partial charge in [0.2, 0.25) is 0 Å². The average molecular weight is 729 g/mol. The van der Waals surface area contributed by atoms with Crippen molar-refractivity contribution in [1.82, 2.24) is 0 Å². The molecule has 17 heavy (non-hydrogen) atoms. The Hall–Kier alpha value is 1.88. The van der Waals surface area contributed by atoms with Crippen molar-refractivity contribution in [2.24, 2.45) is 0 Å². The van der Waals surface area contributed by atoms with Crippen LogP contribution in [0.15, 0.2) is 60.7 Å². The Labute approximate surface area is 183 Å². The maximum absolute atomic E-state index is 2.89. The van der Waals surface area contributed by atoms with Gasteiger partial charge in [0.15, 0.2) is 0 Å². The maximum atomic E-state index is 2.89.